The van der Waals surface area contributed by atoms with Gasteiger partial charge in [-0.25, -0.2) is 19.0 Å². The Morgan fingerprint density at radius 2 is 1.26 bits per heavy atom. The summed E-state index contributed by atoms with van der Waals surface area (Å²) in [5.74, 6) is -2.11. The van der Waals surface area contributed by atoms with E-state index in [4.69, 9.17) is 67.6 Å². The number of rotatable bonds is 48. The van der Waals surface area contributed by atoms with Crippen LogP contribution in [0.3, 0.4) is 0 Å². The number of nitrogens with two attached hydrogens (primary N) is 1. The van der Waals surface area contributed by atoms with Gasteiger partial charge in [0.1, 0.15) is 31.1 Å². The van der Waals surface area contributed by atoms with Gasteiger partial charge in [0.25, 0.3) is 5.56 Å². The summed E-state index contributed by atoms with van der Waals surface area (Å²) >= 11 is 0. The topological polar surface area (TPSA) is 325 Å². The van der Waals surface area contributed by atoms with Crippen LogP contribution in [-0.2, 0) is 114 Å². The molecule has 0 saturated carbocycles. The number of aliphatic hydroxyl groups is 1. The number of aromatic nitrogens is 2. The van der Waals surface area contributed by atoms with Crippen LogP contribution in [0.4, 0.5) is 14.9 Å². The van der Waals surface area contributed by atoms with Gasteiger partial charge in [-0.15, -0.1) is 0 Å². The number of halogens is 1. The van der Waals surface area contributed by atoms with Crippen molar-refractivity contribution in [3.8, 4) is 11.4 Å². The lowest BCUT2D eigenvalue weighted by Crippen LogP contribution is -2.53. The second kappa shape index (κ2) is 41.5. The quantitative estimate of drug-likeness (QED) is 0.0180. The molecular formula is C73H100FN7O19. The largest absolute Gasteiger partial charge is 0.458 e. The zero-order valence-corrected chi connectivity index (χ0v) is 58.1. The summed E-state index contributed by atoms with van der Waals surface area (Å²) in [6.07, 6.45) is 2.62. The number of unbranched alkanes of at least 4 members (excludes halogenated alkanes) is 1. The molecule has 3 aromatic carbocycles. The number of nitrogens with one attached hydrogen (secondary N) is 4. The molecule has 548 valence electrons. The van der Waals surface area contributed by atoms with Gasteiger partial charge in [0, 0.05) is 47.7 Å². The number of carbonyl (C=O) groups excluding carboxylic acids is 5. The fraction of sp³-hybridized carbons (Fsp3) is 0.575. The molecule has 0 spiro atoms. The minimum atomic E-state index is -2.04. The van der Waals surface area contributed by atoms with E-state index in [-0.39, 0.29) is 76.4 Å². The van der Waals surface area contributed by atoms with Gasteiger partial charge in [-0.05, 0) is 110 Å². The number of aryl methyl sites for hydroxylation is 1. The Labute approximate surface area is 583 Å². The average molecular weight is 1400 g/mol. The molecule has 0 saturated heterocycles. The Bertz CT molecular complexity index is 3490. The van der Waals surface area contributed by atoms with Gasteiger partial charge in [0.2, 0.25) is 17.7 Å². The highest BCUT2D eigenvalue weighted by molar-refractivity contribution is 5.99. The van der Waals surface area contributed by atoms with E-state index < -0.39 is 64.9 Å². The molecule has 26 nitrogen and oxygen atoms in total. The van der Waals surface area contributed by atoms with Crippen molar-refractivity contribution in [2.45, 2.75) is 129 Å². The number of hydrogen-bond acceptors (Lipinski definition) is 21. The Morgan fingerprint density at radius 3 is 1.82 bits per heavy atom. The Hall–Kier alpha value is -7.38. The lowest BCUT2D eigenvalue weighted by atomic mass is 9.81. The number of anilines is 1. The van der Waals surface area contributed by atoms with Crippen molar-refractivity contribution in [1.29, 1.82) is 0 Å². The average Bonchev–Trinajstić information content (AvgIpc) is 1.49. The molecule has 4 atom stereocenters. The normalized spacial score (nSPS) is 15.8. The molecule has 0 unspecified atom stereocenters. The highest BCUT2D eigenvalue weighted by atomic mass is 19.1. The summed E-state index contributed by atoms with van der Waals surface area (Å²) in [4.78, 5) is 87.0. The number of hydrogen-bond donors (Lipinski definition) is 6. The van der Waals surface area contributed by atoms with Gasteiger partial charge in [-0.3, -0.25) is 19.2 Å². The molecule has 8 rings (SSSR count). The maximum atomic E-state index is 15.5. The molecule has 2 aliphatic heterocycles. The monoisotopic (exact) mass is 1400 g/mol. The lowest BCUT2D eigenvalue weighted by Gasteiger charge is -2.31. The van der Waals surface area contributed by atoms with Crippen molar-refractivity contribution in [3.05, 3.63) is 127 Å². The van der Waals surface area contributed by atoms with Gasteiger partial charge in [0.05, 0.1) is 161 Å². The lowest BCUT2D eigenvalue weighted by molar-refractivity contribution is -0.172. The van der Waals surface area contributed by atoms with E-state index in [9.17, 15) is 33.9 Å². The zero-order chi connectivity index (χ0) is 71.1. The molecule has 4 heterocycles. The first kappa shape index (κ1) is 78.3. The fourth-order valence-electron chi connectivity index (χ4n) is 11.9. The van der Waals surface area contributed by atoms with E-state index in [2.05, 4.69) is 35.1 Å². The van der Waals surface area contributed by atoms with Crippen molar-refractivity contribution in [2.24, 2.45) is 11.7 Å². The van der Waals surface area contributed by atoms with E-state index >= 15 is 4.39 Å². The highest BCUT2D eigenvalue weighted by Gasteiger charge is 2.46. The molecule has 27 heteroatoms. The molecule has 3 aliphatic rings. The number of alkyl carbamates (subject to hydrolysis) is 1. The third-order valence-corrected chi connectivity index (χ3v) is 17.4. The number of fused-ring (bicyclic) bond motifs is 5. The van der Waals surface area contributed by atoms with Gasteiger partial charge >= 0.3 is 12.1 Å². The van der Waals surface area contributed by atoms with E-state index in [1.807, 2.05) is 30.3 Å². The first-order valence-corrected chi connectivity index (χ1v) is 34.9. The molecular weight excluding hydrogens is 1300 g/mol. The predicted octanol–water partition coefficient (Wildman–Crippen LogP) is 6.32. The molecule has 0 fully saturated rings. The van der Waals surface area contributed by atoms with E-state index in [1.54, 1.807) is 44.2 Å². The number of benzene rings is 3. The molecule has 0 radical (unpaired) electrons. The maximum absolute atomic E-state index is 15.5. The number of amides is 4. The second-order valence-electron chi connectivity index (χ2n) is 25.0. The number of ether oxygens (including phenoxy) is 12. The summed E-state index contributed by atoms with van der Waals surface area (Å²) in [6, 6.07) is 16.2. The van der Waals surface area contributed by atoms with Crippen LogP contribution in [0.25, 0.3) is 22.3 Å². The van der Waals surface area contributed by atoms with Gasteiger partial charge in [0.15, 0.2) is 5.60 Å². The number of esters is 1. The van der Waals surface area contributed by atoms with Crippen molar-refractivity contribution < 1.29 is 90.3 Å². The van der Waals surface area contributed by atoms with Crippen molar-refractivity contribution in [2.75, 3.05) is 144 Å². The molecule has 5 aromatic rings. The van der Waals surface area contributed by atoms with Crippen molar-refractivity contribution in [3.63, 3.8) is 0 Å². The molecule has 1 aliphatic carbocycles. The highest BCUT2D eigenvalue weighted by Crippen LogP contribution is 2.46. The second-order valence-corrected chi connectivity index (χ2v) is 25.0. The standard InChI is InChI=1S/C73H100FN7O19/c1-5-73(88)57-44-63-67-55(46-81(63)70(85)56(57)48-99-71(73)86)66-59(19-18-54-50(4)58(74)45-61(78-67)65(54)66)80-72(87)100-47-52-14-16-53(17-15-52)76-68(83)60(13-9-10-22-75)79-69(84)62(43-51-11-7-6-8-12-51)77-64(82)21-24-90-26-28-92-30-32-94-34-36-96-38-40-98-42-41-97-39-37-95-35-33-93-31-29-91-27-25-89-23-20-49(2)3/h6-8,11-12,14-17,44-45,49,59-60,62,88H,5,9-10,13,18-43,46-48,75H2,1-4H3,(H,76,83)(H,77,82)(H,79,84)(H,80,87)/t59-,60-,62-,73-/m0/s1. The predicted molar refractivity (Wildman–Crippen MR) is 368 cm³/mol. The van der Waals surface area contributed by atoms with Crippen molar-refractivity contribution >= 4 is 46.4 Å². The van der Waals surface area contributed by atoms with Crippen LogP contribution in [0.1, 0.15) is 116 Å². The van der Waals surface area contributed by atoms with E-state index in [1.165, 1.54) is 10.6 Å². The molecule has 2 aromatic heterocycles. The van der Waals surface area contributed by atoms with Crippen LogP contribution in [0.2, 0.25) is 0 Å². The molecule has 0 bridgehead atoms. The fourth-order valence-corrected chi connectivity index (χ4v) is 11.9. The summed E-state index contributed by atoms with van der Waals surface area (Å²) in [5, 5.41) is 23.8. The number of nitrogens with zero attached hydrogens (tertiary/aromatic N) is 2. The minimum Gasteiger partial charge on any atom is -0.458 e. The van der Waals surface area contributed by atoms with Crippen LogP contribution in [0.5, 0.6) is 0 Å². The Kier molecular flexibility index (Phi) is 32.5. The number of carbonyl (C=O) groups is 5. The van der Waals surface area contributed by atoms with Gasteiger partial charge < -0.3 is 93.5 Å². The zero-order valence-electron chi connectivity index (χ0n) is 58.1. The first-order valence-electron chi connectivity index (χ1n) is 34.9. The molecule has 100 heavy (non-hydrogen) atoms. The Morgan fingerprint density at radius 1 is 0.690 bits per heavy atom. The third-order valence-electron chi connectivity index (χ3n) is 17.4. The third kappa shape index (κ3) is 23.3. The maximum Gasteiger partial charge on any atom is 0.407 e. The van der Waals surface area contributed by atoms with Crippen molar-refractivity contribution in [1.82, 2.24) is 25.5 Å². The van der Waals surface area contributed by atoms with Gasteiger partial charge in [-0.1, -0.05) is 63.2 Å². The van der Waals surface area contributed by atoms with E-state index in [0.717, 1.165) is 24.2 Å². The van der Waals surface area contributed by atoms with Crippen LogP contribution >= 0.6 is 0 Å². The van der Waals surface area contributed by atoms with Crippen LogP contribution < -0.4 is 32.6 Å². The summed E-state index contributed by atoms with van der Waals surface area (Å²) in [5.41, 5.74) is 9.03. The number of pyridine rings is 2. The van der Waals surface area contributed by atoms with Gasteiger partial charge in [-0.2, -0.15) is 0 Å². The number of cyclic esters (lactones) is 1. The van der Waals surface area contributed by atoms with Crippen LogP contribution in [-0.4, -0.2) is 195 Å². The Balaban J connectivity index is 0.705. The minimum absolute atomic E-state index is 0.0287. The van der Waals surface area contributed by atoms with Crippen LogP contribution in [0, 0.1) is 18.7 Å². The molecule has 7 N–H and O–H groups in total. The summed E-state index contributed by atoms with van der Waals surface area (Å²) < 4.78 is 83.5. The summed E-state index contributed by atoms with van der Waals surface area (Å²) in [7, 11) is 0. The smallest absolute Gasteiger partial charge is 0.407 e. The van der Waals surface area contributed by atoms with E-state index in [0.29, 0.717) is 194 Å². The summed E-state index contributed by atoms with van der Waals surface area (Å²) in [6.45, 7) is 16.4. The molecule has 4 amide bonds. The first-order chi connectivity index (χ1) is 48.6. The van der Waals surface area contributed by atoms with Crippen LogP contribution in [0.15, 0.2) is 71.5 Å². The SMILES string of the molecule is CC[C@@]1(O)C(=O)OCc2c1cc1n(c2=O)Cc2c-1nc1cc(F)c(C)c3c1c2[C@@H](NC(=O)OCc1ccc(NC(=O)[C@H](CCCCN)NC(=O)[C@H](Cc2ccccc2)NC(=O)CCOCCOCCOCCOCCOCCOCCOCCOCCOCCOCCC(C)C)cc1)CC3.